The fourth-order valence-electron chi connectivity index (χ4n) is 1.28. The van der Waals surface area contributed by atoms with Crippen LogP contribution in [0.5, 0.6) is 5.75 Å². The van der Waals surface area contributed by atoms with E-state index in [1.165, 1.54) is 0 Å². The predicted octanol–water partition coefficient (Wildman–Crippen LogP) is 1.93. The average molecular weight is 208 g/mol. The molecular formula is C12H16O3. The quantitative estimate of drug-likeness (QED) is 0.777. The summed E-state index contributed by atoms with van der Waals surface area (Å²) >= 11 is 0. The highest BCUT2D eigenvalue weighted by Crippen LogP contribution is 2.17. The van der Waals surface area contributed by atoms with Crippen molar-refractivity contribution in [3.63, 3.8) is 0 Å². The second-order valence-corrected chi connectivity index (χ2v) is 3.34. The monoisotopic (exact) mass is 208 g/mol. The molecule has 0 aromatic heterocycles. The van der Waals surface area contributed by atoms with Crippen LogP contribution >= 0.6 is 0 Å². The Bertz CT molecular complexity index is 320. The maximum Gasteiger partial charge on any atom is 0.170 e. The lowest BCUT2D eigenvalue weighted by Gasteiger charge is -2.08. The van der Waals surface area contributed by atoms with Gasteiger partial charge in [-0.2, -0.15) is 0 Å². The van der Waals surface area contributed by atoms with Gasteiger partial charge in [0, 0.05) is 12.0 Å². The Morgan fingerprint density at radius 2 is 2.13 bits per heavy atom. The van der Waals surface area contributed by atoms with Gasteiger partial charge in [0.2, 0.25) is 0 Å². The fraction of sp³-hybridized carbons (Fsp3) is 0.417. The number of ketones is 1. The van der Waals surface area contributed by atoms with Crippen molar-refractivity contribution >= 4 is 5.78 Å². The highest BCUT2D eigenvalue weighted by Gasteiger charge is 2.04. The predicted molar refractivity (Wildman–Crippen MR) is 57.8 cm³/mol. The van der Waals surface area contributed by atoms with E-state index in [-0.39, 0.29) is 19.0 Å². The first-order chi connectivity index (χ1) is 7.27. The molecule has 3 nitrogen and oxygen atoms in total. The molecular weight excluding hydrogens is 192 g/mol. The minimum absolute atomic E-state index is 0.0713. The number of ether oxygens (including phenoxy) is 1. The number of aliphatic hydroxyl groups excluding tert-OH is 1. The first-order valence-corrected chi connectivity index (χ1v) is 5.11. The van der Waals surface area contributed by atoms with Crippen molar-refractivity contribution in [1.29, 1.82) is 0 Å². The van der Waals surface area contributed by atoms with Gasteiger partial charge in [0.25, 0.3) is 0 Å². The zero-order valence-corrected chi connectivity index (χ0v) is 8.90. The lowest BCUT2D eigenvalue weighted by molar-refractivity contribution is -0.121. The molecule has 0 aliphatic heterocycles. The Balaban J connectivity index is 2.53. The first kappa shape index (κ1) is 11.7. The van der Waals surface area contributed by atoms with Gasteiger partial charge in [-0.1, -0.05) is 25.1 Å². The molecule has 0 saturated carbocycles. The Morgan fingerprint density at radius 3 is 2.80 bits per heavy atom. The molecule has 0 unspecified atom stereocenters. The number of aliphatic hydroxyl groups is 1. The Labute approximate surface area is 89.7 Å². The summed E-state index contributed by atoms with van der Waals surface area (Å²) in [5.41, 5.74) is 0.710. The molecule has 0 aliphatic rings. The van der Waals surface area contributed by atoms with Crippen LogP contribution in [0, 0.1) is 0 Å². The maximum absolute atomic E-state index is 11.2. The summed E-state index contributed by atoms with van der Waals surface area (Å²) in [6.45, 7) is 1.97. The minimum atomic E-state index is -0.0713. The van der Waals surface area contributed by atoms with Gasteiger partial charge >= 0.3 is 0 Å². The number of para-hydroxylation sites is 1. The summed E-state index contributed by atoms with van der Waals surface area (Å²) in [6.07, 6.45) is 1.38. The van der Waals surface area contributed by atoms with E-state index in [0.717, 1.165) is 6.42 Å². The smallest absolute Gasteiger partial charge is 0.170 e. The Hall–Kier alpha value is -1.35. The molecule has 0 atom stereocenters. The van der Waals surface area contributed by atoms with Crippen molar-refractivity contribution in [3.05, 3.63) is 29.8 Å². The molecule has 0 radical (unpaired) electrons. The highest BCUT2D eigenvalue weighted by molar-refractivity contribution is 5.79. The van der Waals surface area contributed by atoms with Gasteiger partial charge in [-0.25, -0.2) is 0 Å². The van der Waals surface area contributed by atoms with Gasteiger partial charge in [-0.05, 0) is 12.5 Å². The summed E-state index contributed by atoms with van der Waals surface area (Å²) in [6, 6.07) is 7.18. The number of hydrogen-bond donors (Lipinski definition) is 1. The third kappa shape index (κ3) is 3.72. The zero-order chi connectivity index (χ0) is 11.1. The Kier molecular flexibility index (Phi) is 4.84. The molecule has 15 heavy (non-hydrogen) atoms. The van der Waals surface area contributed by atoms with Gasteiger partial charge in [0.1, 0.15) is 12.4 Å². The average Bonchev–Trinajstić information content (AvgIpc) is 2.27. The minimum Gasteiger partial charge on any atom is -0.485 e. The van der Waals surface area contributed by atoms with E-state index >= 15 is 0 Å². The standard InChI is InChI=1S/C12H16O3/c1-2-5-11(14)9-15-12-7-4-3-6-10(12)8-13/h3-4,6-7,13H,2,5,8-9H2,1H3. The third-order valence-electron chi connectivity index (χ3n) is 2.06. The van der Waals surface area contributed by atoms with Crippen LogP contribution in [0.25, 0.3) is 0 Å². The van der Waals surface area contributed by atoms with Crippen molar-refractivity contribution in [3.8, 4) is 5.75 Å². The summed E-state index contributed by atoms with van der Waals surface area (Å²) in [5, 5.41) is 9.02. The van der Waals surface area contributed by atoms with Crippen LogP contribution in [-0.2, 0) is 11.4 Å². The van der Waals surface area contributed by atoms with E-state index in [0.29, 0.717) is 17.7 Å². The molecule has 0 aliphatic carbocycles. The molecule has 0 fully saturated rings. The second kappa shape index (κ2) is 6.19. The largest absolute Gasteiger partial charge is 0.485 e. The van der Waals surface area contributed by atoms with Gasteiger partial charge in [0.05, 0.1) is 6.61 Å². The maximum atomic E-state index is 11.2. The molecule has 1 N–H and O–H groups in total. The zero-order valence-electron chi connectivity index (χ0n) is 8.90. The number of carbonyl (C=O) groups excluding carboxylic acids is 1. The third-order valence-corrected chi connectivity index (χ3v) is 2.06. The Morgan fingerprint density at radius 1 is 1.40 bits per heavy atom. The lowest BCUT2D eigenvalue weighted by atomic mass is 10.2. The van der Waals surface area contributed by atoms with E-state index in [9.17, 15) is 4.79 Å². The van der Waals surface area contributed by atoms with E-state index in [2.05, 4.69) is 0 Å². The van der Waals surface area contributed by atoms with Crippen molar-refractivity contribution in [2.45, 2.75) is 26.4 Å². The lowest BCUT2D eigenvalue weighted by Crippen LogP contribution is -2.11. The number of carbonyl (C=O) groups is 1. The van der Waals surface area contributed by atoms with Crippen molar-refractivity contribution in [2.24, 2.45) is 0 Å². The summed E-state index contributed by atoms with van der Waals surface area (Å²) in [4.78, 5) is 11.2. The van der Waals surface area contributed by atoms with Crippen LogP contribution in [0.2, 0.25) is 0 Å². The molecule has 1 aromatic carbocycles. The molecule has 3 heteroatoms. The van der Waals surface area contributed by atoms with Crippen LogP contribution in [-0.4, -0.2) is 17.5 Å². The number of hydrogen-bond acceptors (Lipinski definition) is 3. The van der Waals surface area contributed by atoms with Crippen LogP contribution in [0.1, 0.15) is 25.3 Å². The van der Waals surface area contributed by atoms with E-state index in [1.807, 2.05) is 19.1 Å². The first-order valence-electron chi connectivity index (χ1n) is 5.11. The molecule has 1 aromatic rings. The van der Waals surface area contributed by atoms with E-state index in [1.54, 1.807) is 12.1 Å². The molecule has 0 bridgehead atoms. The van der Waals surface area contributed by atoms with Crippen LogP contribution in [0.4, 0.5) is 0 Å². The van der Waals surface area contributed by atoms with Crippen LogP contribution in [0.3, 0.4) is 0 Å². The van der Waals surface area contributed by atoms with Gasteiger partial charge in [-0.3, -0.25) is 4.79 Å². The fourth-order valence-corrected chi connectivity index (χ4v) is 1.28. The molecule has 1 rings (SSSR count). The molecule has 0 spiro atoms. The van der Waals surface area contributed by atoms with E-state index < -0.39 is 0 Å². The van der Waals surface area contributed by atoms with Crippen molar-refractivity contribution in [2.75, 3.05) is 6.61 Å². The highest BCUT2D eigenvalue weighted by atomic mass is 16.5. The summed E-state index contributed by atoms with van der Waals surface area (Å²) < 4.78 is 5.33. The van der Waals surface area contributed by atoms with Crippen LogP contribution < -0.4 is 4.74 Å². The van der Waals surface area contributed by atoms with Crippen molar-refractivity contribution in [1.82, 2.24) is 0 Å². The van der Waals surface area contributed by atoms with Gasteiger partial charge in [0.15, 0.2) is 5.78 Å². The second-order valence-electron chi connectivity index (χ2n) is 3.34. The SMILES string of the molecule is CCCC(=O)COc1ccccc1CO. The van der Waals surface area contributed by atoms with Crippen LogP contribution in [0.15, 0.2) is 24.3 Å². The molecule has 0 amide bonds. The number of rotatable bonds is 6. The summed E-state index contributed by atoms with van der Waals surface area (Å²) in [5.74, 6) is 0.676. The molecule has 82 valence electrons. The van der Waals surface area contributed by atoms with E-state index in [4.69, 9.17) is 9.84 Å². The topological polar surface area (TPSA) is 46.5 Å². The normalized spacial score (nSPS) is 10.0. The van der Waals surface area contributed by atoms with Gasteiger partial charge in [-0.15, -0.1) is 0 Å². The molecule has 0 heterocycles. The summed E-state index contributed by atoms with van der Waals surface area (Å²) in [7, 11) is 0. The number of benzene rings is 1. The van der Waals surface area contributed by atoms with Crippen molar-refractivity contribution < 1.29 is 14.6 Å². The van der Waals surface area contributed by atoms with Gasteiger partial charge < -0.3 is 9.84 Å². The molecule has 0 saturated heterocycles. The number of Topliss-reactive ketones (excluding diaryl/α,β-unsaturated/α-hetero) is 1.